The summed E-state index contributed by atoms with van der Waals surface area (Å²) in [6.45, 7) is 41.2. The Kier molecular flexibility index (Phi) is 12.6. The van der Waals surface area contributed by atoms with Gasteiger partial charge >= 0.3 is 0 Å². The zero-order valence-electron chi connectivity index (χ0n) is 42.3. The average Bonchev–Trinajstić information content (AvgIpc) is 3.20. The van der Waals surface area contributed by atoms with Crippen molar-refractivity contribution in [1.29, 1.82) is 0 Å². The summed E-state index contributed by atoms with van der Waals surface area (Å²) in [5, 5.41) is 0. The zero-order valence-corrected chi connectivity index (χ0v) is 42.3. The van der Waals surface area contributed by atoms with E-state index in [1.54, 1.807) is 0 Å². The lowest BCUT2D eigenvalue weighted by Crippen LogP contribution is -2.45. The van der Waals surface area contributed by atoms with Crippen LogP contribution in [0.4, 0.5) is 0 Å². The Morgan fingerprint density at radius 2 is 0.270 bits per heavy atom. The summed E-state index contributed by atoms with van der Waals surface area (Å²) in [6, 6.07) is 55.7. The molecule has 0 atom stereocenters. The van der Waals surface area contributed by atoms with Crippen LogP contribution in [0.2, 0.25) is 0 Å². The van der Waals surface area contributed by atoms with Crippen molar-refractivity contribution in [3.05, 3.63) is 212 Å². The van der Waals surface area contributed by atoms with Gasteiger partial charge in [-0.05, 0) is 99.3 Å². The molecule has 0 heterocycles. The maximum absolute atomic E-state index is 8.70. The predicted octanol–water partition coefficient (Wildman–Crippen LogP) is 16.8. The highest BCUT2D eigenvalue weighted by Crippen LogP contribution is 2.52. The van der Waals surface area contributed by atoms with Crippen molar-refractivity contribution in [1.82, 2.24) is 0 Å². The summed E-state index contributed by atoms with van der Waals surface area (Å²) in [4.78, 5) is 0. The van der Waals surface area contributed by atoms with E-state index in [4.69, 9.17) is 4.74 Å². The van der Waals surface area contributed by atoms with Crippen LogP contribution < -0.4 is 0 Å². The lowest BCUT2D eigenvalue weighted by atomic mass is 9.73. The first-order chi connectivity index (χ1) is 29.0. The smallest absolute Gasteiger partial charge is 0.145 e. The second kappa shape index (κ2) is 16.7. The van der Waals surface area contributed by atoms with Crippen LogP contribution in [-0.2, 0) is 48.4 Å². The molecule has 0 bridgehead atoms. The normalized spacial score (nSPS) is 13.6. The van der Waals surface area contributed by atoms with Gasteiger partial charge in [-0.15, -0.1) is 0 Å². The van der Waals surface area contributed by atoms with Crippen LogP contribution in [0.5, 0.6) is 0 Å². The van der Waals surface area contributed by atoms with Gasteiger partial charge in [0.15, 0.2) is 0 Å². The molecule has 1 nitrogen and oxygen atoms in total. The minimum Gasteiger partial charge on any atom is -0.340 e. The van der Waals surface area contributed by atoms with Crippen LogP contribution in [0.25, 0.3) is 0 Å². The second-order valence-corrected chi connectivity index (χ2v) is 24.4. The molecule has 0 aliphatic heterocycles. The monoisotopic (exact) mass is 839 g/mol. The van der Waals surface area contributed by atoms with E-state index in [1.807, 2.05) is 0 Å². The van der Waals surface area contributed by atoms with Crippen molar-refractivity contribution >= 4 is 0 Å². The van der Waals surface area contributed by atoms with Crippen molar-refractivity contribution in [2.24, 2.45) is 0 Å². The Morgan fingerprint density at radius 3 is 0.365 bits per heavy atom. The number of hydrogen-bond acceptors (Lipinski definition) is 1. The maximum Gasteiger partial charge on any atom is 0.145 e. The van der Waals surface area contributed by atoms with E-state index in [2.05, 4.69) is 270 Å². The van der Waals surface area contributed by atoms with Crippen molar-refractivity contribution in [2.45, 2.75) is 168 Å². The molecule has 6 aromatic rings. The van der Waals surface area contributed by atoms with Gasteiger partial charge in [0, 0.05) is 0 Å². The summed E-state index contributed by atoms with van der Waals surface area (Å²) in [6.07, 6.45) is 0. The quantitative estimate of drug-likeness (QED) is 0.139. The summed E-state index contributed by atoms with van der Waals surface area (Å²) >= 11 is 0. The van der Waals surface area contributed by atoms with Gasteiger partial charge in [-0.25, -0.2) is 0 Å². The van der Waals surface area contributed by atoms with Gasteiger partial charge in [0.05, 0.1) is 0 Å². The van der Waals surface area contributed by atoms with Crippen LogP contribution >= 0.6 is 0 Å². The van der Waals surface area contributed by atoms with Crippen molar-refractivity contribution < 1.29 is 4.74 Å². The van der Waals surface area contributed by atoms with E-state index in [-0.39, 0.29) is 32.5 Å². The number of ether oxygens (including phenoxy) is 1. The Labute approximate surface area is 383 Å². The van der Waals surface area contributed by atoms with E-state index in [0.717, 1.165) is 33.4 Å². The molecule has 0 radical (unpaired) electrons. The Balaban J connectivity index is 1.84. The van der Waals surface area contributed by atoms with E-state index in [0.29, 0.717) is 0 Å². The van der Waals surface area contributed by atoms with Gasteiger partial charge in [-0.1, -0.05) is 270 Å². The maximum atomic E-state index is 8.70. The SMILES string of the molecule is CC(C)(C)c1ccc(C(OC(c2ccc(C(C)(C)C)cc2)(c2ccc(C(C)(C)C)cc2)c2ccc(C(C)(C)C)cc2)(c2ccc(C(C)(C)C)cc2)c2ccc(C(C)(C)C)cc2)cc1. The van der Waals surface area contributed by atoms with Gasteiger partial charge < -0.3 is 4.74 Å². The molecule has 0 fully saturated rings. The van der Waals surface area contributed by atoms with Crippen LogP contribution in [0.3, 0.4) is 0 Å². The molecule has 0 unspecified atom stereocenters. The standard InChI is InChI=1S/C62H78O/c1-55(2,3)43-19-31-49(32-20-43)61(50-33-21-44(22-34-50)56(4,5)6,51-35-23-45(24-36-51)57(7,8)9)63-62(52-37-25-46(26-38-52)58(10,11)12,53-39-27-47(28-40-53)59(13,14)15)54-41-29-48(30-42-54)60(16,17)18/h19-42H,1-18H3. The highest BCUT2D eigenvalue weighted by atomic mass is 16.5. The largest absolute Gasteiger partial charge is 0.340 e. The summed E-state index contributed by atoms with van der Waals surface area (Å²) in [5.74, 6) is 0. The molecule has 0 N–H and O–H groups in total. The first-order valence-corrected chi connectivity index (χ1v) is 23.3. The van der Waals surface area contributed by atoms with Gasteiger partial charge in [0.25, 0.3) is 0 Å². The zero-order chi connectivity index (χ0) is 46.6. The molecule has 1 heteroatoms. The molecule has 332 valence electrons. The lowest BCUT2D eigenvalue weighted by Gasteiger charge is -2.47. The van der Waals surface area contributed by atoms with Crippen molar-refractivity contribution in [2.75, 3.05) is 0 Å². The van der Waals surface area contributed by atoms with E-state index in [9.17, 15) is 0 Å². The fourth-order valence-corrected chi connectivity index (χ4v) is 8.81. The average molecular weight is 839 g/mol. The van der Waals surface area contributed by atoms with Crippen molar-refractivity contribution in [3.63, 3.8) is 0 Å². The number of benzene rings is 6. The molecule has 6 aromatic carbocycles. The fraction of sp³-hybridized carbons (Fsp3) is 0.419. The molecule has 63 heavy (non-hydrogen) atoms. The predicted molar refractivity (Wildman–Crippen MR) is 272 cm³/mol. The summed E-state index contributed by atoms with van der Waals surface area (Å²) < 4.78 is 8.70. The van der Waals surface area contributed by atoms with E-state index < -0.39 is 11.2 Å². The highest BCUT2D eigenvalue weighted by Gasteiger charge is 2.49. The van der Waals surface area contributed by atoms with Gasteiger partial charge in [0.2, 0.25) is 0 Å². The molecular formula is C62H78O. The lowest BCUT2D eigenvalue weighted by molar-refractivity contribution is -0.0811. The summed E-state index contributed by atoms with van der Waals surface area (Å²) in [7, 11) is 0. The third-order valence-corrected chi connectivity index (χ3v) is 13.3. The Morgan fingerprint density at radius 1 is 0.175 bits per heavy atom. The second-order valence-electron chi connectivity index (χ2n) is 24.4. The Bertz CT molecular complexity index is 1980. The fourth-order valence-electron chi connectivity index (χ4n) is 8.81. The van der Waals surface area contributed by atoms with E-state index >= 15 is 0 Å². The van der Waals surface area contributed by atoms with E-state index in [1.165, 1.54) is 33.4 Å². The molecular weight excluding hydrogens is 761 g/mol. The van der Waals surface area contributed by atoms with Crippen molar-refractivity contribution in [3.8, 4) is 0 Å². The summed E-state index contributed by atoms with van der Waals surface area (Å²) in [5.41, 5.74) is 11.9. The van der Waals surface area contributed by atoms with Gasteiger partial charge in [0.1, 0.15) is 11.2 Å². The molecule has 0 aromatic heterocycles. The van der Waals surface area contributed by atoms with Crippen LogP contribution in [-0.4, -0.2) is 0 Å². The molecule has 0 aliphatic carbocycles. The highest BCUT2D eigenvalue weighted by molar-refractivity contribution is 5.55. The molecule has 0 aliphatic rings. The molecule has 0 spiro atoms. The topological polar surface area (TPSA) is 9.23 Å². The minimum atomic E-state index is -1.09. The molecule has 6 rings (SSSR count). The molecule has 0 amide bonds. The van der Waals surface area contributed by atoms with Gasteiger partial charge in [-0.3, -0.25) is 0 Å². The Hall–Kier alpha value is -4.72. The van der Waals surface area contributed by atoms with Gasteiger partial charge in [-0.2, -0.15) is 0 Å². The molecule has 0 saturated heterocycles. The van der Waals surface area contributed by atoms with Crippen LogP contribution in [0.15, 0.2) is 146 Å². The number of hydrogen-bond donors (Lipinski definition) is 0. The first-order valence-electron chi connectivity index (χ1n) is 23.3. The number of rotatable bonds is 8. The minimum absolute atomic E-state index is 0.0209. The molecule has 0 saturated carbocycles. The third-order valence-electron chi connectivity index (χ3n) is 13.3. The first kappa shape index (κ1) is 47.8. The van der Waals surface area contributed by atoms with Crippen LogP contribution in [0.1, 0.15) is 191 Å². The van der Waals surface area contributed by atoms with Crippen LogP contribution in [0, 0.1) is 0 Å². The third kappa shape index (κ3) is 9.85.